The van der Waals surface area contributed by atoms with E-state index in [2.05, 4.69) is 17.6 Å². The van der Waals surface area contributed by atoms with Crippen molar-refractivity contribution >= 4 is 11.8 Å². The van der Waals surface area contributed by atoms with Crippen LogP contribution in [0, 0.1) is 18.6 Å². The second-order valence-electron chi connectivity index (χ2n) is 14.6. The van der Waals surface area contributed by atoms with Gasteiger partial charge in [-0.05, 0) is 36.6 Å². The third-order valence-electron chi connectivity index (χ3n) is 9.95. The summed E-state index contributed by atoms with van der Waals surface area (Å²) in [6.07, 6.45) is 2.99. The molecule has 304 valence electrons. The van der Waals surface area contributed by atoms with E-state index in [4.69, 9.17) is 9.47 Å². The molecule has 1 aliphatic heterocycles. The second-order valence-corrected chi connectivity index (χ2v) is 14.6. The van der Waals surface area contributed by atoms with Gasteiger partial charge < -0.3 is 45.6 Å². The summed E-state index contributed by atoms with van der Waals surface area (Å²) in [6.45, 7) is 3.42. The van der Waals surface area contributed by atoms with Gasteiger partial charge in [-0.1, -0.05) is 120 Å². The molecule has 1 aliphatic rings. The first-order valence-corrected chi connectivity index (χ1v) is 19.6. The Bertz CT molecular complexity index is 1380. The maximum absolute atomic E-state index is 13.8. The van der Waals surface area contributed by atoms with Crippen LogP contribution in [0.5, 0.6) is 0 Å². The van der Waals surface area contributed by atoms with E-state index in [1.165, 1.54) is 51.0 Å². The van der Waals surface area contributed by atoms with Gasteiger partial charge in [-0.2, -0.15) is 0 Å². The second kappa shape index (κ2) is 24.5. The molecule has 0 radical (unpaired) electrons. The van der Waals surface area contributed by atoms with Crippen molar-refractivity contribution in [1.29, 1.82) is 0 Å². The van der Waals surface area contributed by atoms with Crippen LogP contribution in [0.15, 0.2) is 42.5 Å². The molecule has 1 fully saturated rings. The van der Waals surface area contributed by atoms with Crippen molar-refractivity contribution in [3.05, 3.63) is 70.8 Å². The zero-order valence-electron chi connectivity index (χ0n) is 31.8. The lowest BCUT2D eigenvalue weighted by atomic mass is 9.98. The van der Waals surface area contributed by atoms with E-state index in [9.17, 15) is 43.9 Å². The number of hydrogen-bond donors (Lipinski definition) is 7. The molecule has 54 heavy (non-hydrogen) atoms. The van der Waals surface area contributed by atoms with Crippen LogP contribution in [0.2, 0.25) is 0 Å². The molecule has 0 aliphatic carbocycles. The number of hydrogen-bond acceptors (Lipinski definition) is 9. The number of unbranched alkanes of at least 4 members (excludes halogenated alkanes) is 11. The average Bonchev–Trinajstić information content (AvgIpc) is 3.15. The SMILES string of the molecule is CCCCCCCCCCCCCC[C@@H](O)[C@@H](O)[C@H](CO[C@H]1OC(CNC(=O)Cc2ccc(C)cc2)[C@H](O)[C@H](O)C1O)NC(=O)Cc1ccc(F)c(F)c1. The largest absolute Gasteiger partial charge is 0.390 e. The number of aryl methyl sites for hydroxylation is 1. The van der Waals surface area contributed by atoms with Gasteiger partial charge in [-0.25, -0.2) is 8.78 Å². The van der Waals surface area contributed by atoms with E-state index >= 15 is 0 Å². The molecule has 1 saturated heterocycles. The van der Waals surface area contributed by atoms with Gasteiger partial charge in [-0.3, -0.25) is 9.59 Å². The van der Waals surface area contributed by atoms with Gasteiger partial charge >= 0.3 is 0 Å². The Balaban J connectivity index is 1.55. The maximum atomic E-state index is 13.8. The zero-order valence-corrected chi connectivity index (χ0v) is 31.8. The number of carbonyl (C=O) groups excluding carboxylic acids is 2. The van der Waals surface area contributed by atoms with Gasteiger partial charge in [0.15, 0.2) is 17.9 Å². The number of benzene rings is 2. The van der Waals surface area contributed by atoms with Gasteiger partial charge in [-0.15, -0.1) is 0 Å². The number of halogens is 2. The first-order chi connectivity index (χ1) is 25.9. The highest BCUT2D eigenvalue weighted by atomic mass is 19.2. The molecule has 13 heteroatoms. The van der Waals surface area contributed by atoms with E-state index in [-0.39, 0.29) is 37.3 Å². The predicted octanol–water partition coefficient (Wildman–Crippen LogP) is 4.30. The summed E-state index contributed by atoms with van der Waals surface area (Å²) in [5.74, 6) is -3.23. The molecule has 2 amide bonds. The normalized spacial score (nSPS) is 21.7. The Labute approximate surface area is 318 Å². The van der Waals surface area contributed by atoms with Crippen LogP contribution in [0.25, 0.3) is 0 Å². The van der Waals surface area contributed by atoms with Crippen LogP contribution in [0.3, 0.4) is 0 Å². The first-order valence-electron chi connectivity index (χ1n) is 19.6. The predicted molar refractivity (Wildman–Crippen MR) is 200 cm³/mol. The number of aliphatic hydroxyl groups excluding tert-OH is 5. The van der Waals surface area contributed by atoms with E-state index < -0.39 is 73.1 Å². The van der Waals surface area contributed by atoms with E-state index in [1.807, 2.05) is 31.2 Å². The first kappa shape index (κ1) is 45.4. The van der Waals surface area contributed by atoms with Gasteiger partial charge in [0.25, 0.3) is 0 Å². The number of amides is 2. The monoisotopic (exact) mass is 764 g/mol. The zero-order chi connectivity index (χ0) is 39.5. The lowest BCUT2D eigenvalue weighted by Gasteiger charge is -2.41. The van der Waals surface area contributed by atoms with E-state index in [0.29, 0.717) is 6.42 Å². The Morgan fingerprint density at radius 1 is 0.759 bits per heavy atom. The van der Waals surface area contributed by atoms with Crippen LogP contribution in [-0.2, 0) is 31.9 Å². The van der Waals surface area contributed by atoms with E-state index in [1.54, 1.807) is 0 Å². The Hall–Kier alpha value is -3.04. The molecule has 0 aromatic heterocycles. The smallest absolute Gasteiger partial charge is 0.224 e. The summed E-state index contributed by atoms with van der Waals surface area (Å²) in [5, 5.41) is 59.2. The minimum absolute atomic E-state index is 0.0691. The van der Waals surface area contributed by atoms with Crippen molar-refractivity contribution in [2.45, 2.75) is 159 Å². The molecular formula is C41H62F2N2O9. The highest BCUT2D eigenvalue weighted by Gasteiger charge is 2.45. The molecule has 0 bridgehead atoms. The Kier molecular flexibility index (Phi) is 20.5. The molecule has 0 saturated carbocycles. The average molecular weight is 765 g/mol. The Morgan fingerprint density at radius 3 is 1.94 bits per heavy atom. The summed E-state index contributed by atoms with van der Waals surface area (Å²) in [6, 6.07) is 9.19. The molecule has 2 aromatic rings. The fourth-order valence-corrected chi connectivity index (χ4v) is 6.54. The molecular weight excluding hydrogens is 702 g/mol. The van der Waals surface area contributed by atoms with Crippen molar-refractivity contribution < 1.29 is 53.4 Å². The van der Waals surface area contributed by atoms with Crippen LogP contribution in [0.4, 0.5) is 8.78 Å². The fourth-order valence-electron chi connectivity index (χ4n) is 6.54. The maximum Gasteiger partial charge on any atom is 0.224 e. The standard InChI is InChI=1S/C41H62F2N2O9/c1-3-4-5-6-7-8-9-10-11-12-13-14-15-33(46)37(49)32(45-36(48)24-29-20-21-30(42)31(43)22-29)26-53-41-40(52)39(51)38(50)34(54-41)25-44-35(47)23-28-18-16-27(2)17-19-28/h16-22,32-34,37-41,46,49-52H,3-15,23-26H2,1-2H3,(H,44,47)(H,45,48)/t32-,33+,34?,37-,38-,39-,40?,41-/m0/s1. The molecule has 0 spiro atoms. The molecule has 1 heterocycles. The van der Waals surface area contributed by atoms with Gasteiger partial charge in [0.05, 0.1) is 31.6 Å². The summed E-state index contributed by atoms with van der Waals surface area (Å²) in [4.78, 5) is 25.6. The van der Waals surface area contributed by atoms with Crippen molar-refractivity contribution in [1.82, 2.24) is 10.6 Å². The highest BCUT2D eigenvalue weighted by molar-refractivity contribution is 5.79. The molecule has 8 atom stereocenters. The lowest BCUT2D eigenvalue weighted by Crippen LogP contribution is -2.61. The van der Waals surface area contributed by atoms with Gasteiger partial charge in [0.1, 0.15) is 30.5 Å². The van der Waals surface area contributed by atoms with Gasteiger partial charge in [0, 0.05) is 6.54 Å². The third kappa shape index (κ3) is 16.0. The lowest BCUT2D eigenvalue weighted by molar-refractivity contribution is -0.297. The molecule has 2 aromatic carbocycles. The van der Waals surface area contributed by atoms with Gasteiger partial charge in [0.2, 0.25) is 11.8 Å². The molecule has 2 unspecified atom stereocenters. The fraction of sp³-hybridized carbons (Fsp3) is 0.659. The van der Waals surface area contributed by atoms with Crippen LogP contribution >= 0.6 is 0 Å². The van der Waals surface area contributed by atoms with Crippen molar-refractivity contribution in [2.24, 2.45) is 0 Å². The van der Waals surface area contributed by atoms with Crippen LogP contribution in [-0.4, -0.2) is 99.5 Å². The minimum atomic E-state index is -1.74. The number of carbonyl (C=O) groups is 2. The minimum Gasteiger partial charge on any atom is -0.390 e. The van der Waals surface area contributed by atoms with Crippen molar-refractivity contribution in [3.8, 4) is 0 Å². The van der Waals surface area contributed by atoms with Crippen LogP contribution in [0.1, 0.15) is 107 Å². The summed E-state index contributed by atoms with van der Waals surface area (Å²) in [7, 11) is 0. The number of rotatable bonds is 25. The summed E-state index contributed by atoms with van der Waals surface area (Å²) >= 11 is 0. The Morgan fingerprint density at radius 2 is 1.33 bits per heavy atom. The summed E-state index contributed by atoms with van der Waals surface area (Å²) in [5.41, 5.74) is 1.99. The topological polar surface area (TPSA) is 178 Å². The third-order valence-corrected chi connectivity index (χ3v) is 9.95. The van der Waals surface area contributed by atoms with Crippen molar-refractivity contribution in [2.75, 3.05) is 13.2 Å². The van der Waals surface area contributed by atoms with Crippen molar-refractivity contribution in [3.63, 3.8) is 0 Å². The molecule has 7 N–H and O–H groups in total. The highest BCUT2D eigenvalue weighted by Crippen LogP contribution is 2.23. The molecule has 11 nitrogen and oxygen atoms in total. The van der Waals surface area contributed by atoms with E-state index in [0.717, 1.165) is 48.9 Å². The molecule has 3 rings (SSSR count). The van der Waals surface area contributed by atoms with Crippen LogP contribution < -0.4 is 10.6 Å². The quantitative estimate of drug-likeness (QED) is 0.0727. The number of nitrogens with one attached hydrogen (secondary N) is 2. The summed E-state index contributed by atoms with van der Waals surface area (Å²) < 4.78 is 38.7. The number of aliphatic hydroxyl groups is 5. The number of ether oxygens (including phenoxy) is 2.